The van der Waals surface area contributed by atoms with Crippen LogP contribution in [0.4, 0.5) is 0 Å². The molecule has 0 aliphatic rings. The minimum atomic E-state index is -0.0838. The molecule has 0 aromatic heterocycles. The summed E-state index contributed by atoms with van der Waals surface area (Å²) < 4.78 is 0. The third-order valence-corrected chi connectivity index (χ3v) is 1.74. The van der Waals surface area contributed by atoms with Gasteiger partial charge < -0.3 is 42.2 Å². The summed E-state index contributed by atoms with van der Waals surface area (Å²) in [4.78, 5) is 0. The number of rotatable bonds is 4. The van der Waals surface area contributed by atoms with Crippen LogP contribution in [-0.4, -0.2) is 50.3 Å². The standard InChI is InChI=1S/4C5H12N3.4Cu/c4*1-5(2,3)7-8-6-4;;;;/h4*1-4H3;;;;/q4*-1;4*+1. The molecular formula is C20H48Cu4N12. The zero-order valence-corrected chi connectivity index (χ0v) is 28.3. The van der Waals surface area contributed by atoms with Crippen LogP contribution in [0.15, 0.2) is 41.4 Å². The molecule has 0 N–H and O–H groups in total. The molecule has 0 heterocycles. The van der Waals surface area contributed by atoms with Crippen LogP contribution in [0.2, 0.25) is 0 Å². The zero-order chi connectivity index (χ0) is 26.5. The van der Waals surface area contributed by atoms with Crippen LogP contribution in [0.5, 0.6) is 0 Å². The van der Waals surface area contributed by atoms with Crippen LogP contribution < -0.4 is 0 Å². The van der Waals surface area contributed by atoms with E-state index >= 15 is 0 Å². The second-order valence-corrected chi connectivity index (χ2v) is 10.2. The molecule has 0 rings (SSSR count). The SMILES string of the molecule is C[N-]N=NC(C)(C)C.C[N-]N=NC(C)(C)C.C[N-]N=NC(C)(C)C.C[N-]N=NC(C)(C)C.[Cu+].[Cu+].[Cu+].[Cu+]. The van der Waals surface area contributed by atoms with E-state index in [2.05, 4.69) is 63.1 Å². The number of nitrogens with zero attached hydrogens (tertiary/aromatic N) is 12. The quantitative estimate of drug-likeness (QED) is 0.156. The Morgan fingerprint density at radius 2 is 0.417 bits per heavy atom. The normalized spacial score (nSPS) is 11.1. The monoisotopic (exact) mass is 708 g/mol. The van der Waals surface area contributed by atoms with E-state index in [0.29, 0.717) is 0 Å². The van der Waals surface area contributed by atoms with E-state index in [1.165, 1.54) is 0 Å². The molecule has 0 bridgehead atoms. The summed E-state index contributed by atoms with van der Waals surface area (Å²) in [5, 5.41) is 29.3. The minimum absolute atomic E-state index is 0. The molecule has 0 aromatic rings. The Morgan fingerprint density at radius 3 is 0.444 bits per heavy atom. The van der Waals surface area contributed by atoms with Crippen LogP contribution in [0.25, 0.3) is 21.7 Å². The molecule has 16 heteroatoms. The predicted molar refractivity (Wildman–Crippen MR) is 136 cm³/mol. The van der Waals surface area contributed by atoms with Gasteiger partial charge in [0.15, 0.2) is 0 Å². The average Bonchev–Trinajstić information content (AvgIpc) is 2.60. The van der Waals surface area contributed by atoms with Crippen LogP contribution >= 0.6 is 0 Å². The summed E-state index contributed by atoms with van der Waals surface area (Å²) in [6.45, 7) is 23.7. The van der Waals surface area contributed by atoms with Crippen molar-refractivity contribution >= 4 is 0 Å². The van der Waals surface area contributed by atoms with Gasteiger partial charge in [0.25, 0.3) is 0 Å². The van der Waals surface area contributed by atoms with Gasteiger partial charge in [-0.25, -0.2) is 0 Å². The Bertz CT molecular complexity index is 435. The Kier molecular flexibility index (Phi) is 48.1. The number of hydrogen-bond acceptors (Lipinski definition) is 8. The van der Waals surface area contributed by atoms with E-state index < -0.39 is 0 Å². The summed E-state index contributed by atoms with van der Waals surface area (Å²) in [5.74, 6) is 0. The van der Waals surface area contributed by atoms with E-state index in [4.69, 9.17) is 0 Å². The molecule has 0 fully saturated rings. The van der Waals surface area contributed by atoms with Crippen molar-refractivity contribution in [2.24, 2.45) is 41.4 Å². The maximum Gasteiger partial charge on any atom is 1.00 e. The molecule has 36 heavy (non-hydrogen) atoms. The molecule has 0 unspecified atom stereocenters. The molecule has 0 atom stereocenters. The molecule has 12 nitrogen and oxygen atoms in total. The fraction of sp³-hybridized carbons (Fsp3) is 1.00. The van der Waals surface area contributed by atoms with Gasteiger partial charge in [-0.1, -0.05) is 83.1 Å². The summed E-state index contributed by atoms with van der Waals surface area (Å²) >= 11 is 0. The van der Waals surface area contributed by atoms with Gasteiger partial charge >= 0.3 is 68.3 Å². The molecule has 0 aromatic carbocycles. The minimum Gasteiger partial charge on any atom is -0.386 e. The molecule has 0 aliphatic heterocycles. The van der Waals surface area contributed by atoms with Gasteiger partial charge in [-0.15, -0.1) is 0 Å². The van der Waals surface area contributed by atoms with E-state index in [9.17, 15) is 0 Å². The molecule has 0 spiro atoms. The van der Waals surface area contributed by atoms with Gasteiger partial charge in [0.2, 0.25) is 0 Å². The van der Waals surface area contributed by atoms with Crippen LogP contribution in [0.3, 0.4) is 0 Å². The van der Waals surface area contributed by atoms with Crippen LogP contribution in [0, 0.1) is 0 Å². The third kappa shape index (κ3) is 92.9. The first kappa shape index (κ1) is 56.0. The van der Waals surface area contributed by atoms with E-state index in [0.717, 1.165) is 0 Å². The molecule has 0 saturated carbocycles. The second kappa shape index (κ2) is 30.9. The van der Waals surface area contributed by atoms with E-state index in [1.807, 2.05) is 83.1 Å². The van der Waals surface area contributed by atoms with Crippen molar-refractivity contribution in [3.8, 4) is 0 Å². The molecule has 0 aliphatic carbocycles. The van der Waals surface area contributed by atoms with Gasteiger partial charge in [-0.2, -0.15) is 0 Å². The Hall–Kier alpha value is -0.322. The third-order valence-electron chi connectivity index (χ3n) is 1.74. The van der Waals surface area contributed by atoms with Gasteiger partial charge in [-0.3, -0.25) is 20.9 Å². The predicted octanol–water partition coefficient (Wildman–Crippen LogP) is 8.61. The van der Waals surface area contributed by atoms with E-state index in [-0.39, 0.29) is 90.4 Å². The smallest absolute Gasteiger partial charge is 0.386 e. The van der Waals surface area contributed by atoms with Crippen molar-refractivity contribution in [2.45, 2.75) is 105 Å². The van der Waals surface area contributed by atoms with Crippen molar-refractivity contribution < 1.29 is 68.3 Å². The maximum absolute atomic E-state index is 3.83. The fourth-order valence-electron chi connectivity index (χ4n) is 0.716. The van der Waals surface area contributed by atoms with Crippen molar-refractivity contribution in [3.63, 3.8) is 0 Å². The fourth-order valence-corrected chi connectivity index (χ4v) is 0.716. The first-order valence-electron chi connectivity index (χ1n) is 10.3. The zero-order valence-electron chi connectivity index (χ0n) is 24.6. The average molecular weight is 711 g/mol. The number of hydrogen-bond donors (Lipinski definition) is 0. The summed E-state index contributed by atoms with van der Waals surface area (Å²) in [6.07, 6.45) is 0. The first-order chi connectivity index (χ1) is 14.2. The Morgan fingerprint density at radius 1 is 0.306 bits per heavy atom. The maximum atomic E-state index is 3.83. The van der Waals surface area contributed by atoms with Crippen LogP contribution in [0.1, 0.15) is 83.1 Å². The van der Waals surface area contributed by atoms with Gasteiger partial charge in [0.05, 0.1) is 0 Å². The second-order valence-electron chi connectivity index (χ2n) is 10.2. The van der Waals surface area contributed by atoms with Crippen molar-refractivity contribution in [2.75, 3.05) is 28.2 Å². The topological polar surface area (TPSA) is 155 Å². The molecule has 0 saturated heterocycles. The van der Waals surface area contributed by atoms with Gasteiger partial charge in [-0.05, 0) is 50.3 Å². The van der Waals surface area contributed by atoms with Crippen LogP contribution in [-0.2, 0) is 68.3 Å². The van der Waals surface area contributed by atoms with Crippen molar-refractivity contribution in [1.82, 2.24) is 0 Å². The van der Waals surface area contributed by atoms with Gasteiger partial charge in [0, 0.05) is 0 Å². The summed E-state index contributed by atoms with van der Waals surface area (Å²) in [5.41, 5.74) is 13.6. The van der Waals surface area contributed by atoms with Gasteiger partial charge in [0.1, 0.15) is 0 Å². The molecule has 0 radical (unpaired) electrons. The van der Waals surface area contributed by atoms with Crippen molar-refractivity contribution in [1.29, 1.82) is 0 Å². The first-order valence-corrected chi connectivity index (χ1v) is 10.3. The Labute approximate surface area is 263 Å². The van der Waals surface area contributed by atoms with E-state index in [1.54, 1.807) is 28.2 Å². The summed E-state index contributed by atoms with van der Waals surface area (Å²) in [7, 11) is 6.43. The van der Waals surface area contributed by atoms with Crippen molar-refractivity contribution in [3.05, 3.63) is 21.7 Å². The molecule has 232 valence electrons. The largest absolute Gasteiger partial charge is 1.00 e. The Balaban J connectivity index is -0.0000000467. The summed E-state index contributed by atoms with van der Waals surface area (Å²) in [6, 6.07) is 0. The molecular weight excluding hydrogens is 662 g/mol. The molecule has 0 amide bonds.